The summed E-state index contributed by atoms with van der Waals surface area (Å²) in [5.41, 5.74) is 4.54. The van der Waals surface area contributed by atoms with Crippen molar-refractivity contribution in [2.75, 3.05) is 13.1 Å². The molecule has 0 spiro atoms. The summed E-state index contributed by atoms with van der Waals surface area (Å²) < 4.78 is 5.16. The molecule has 0 aromatic carbocycles. The Morgan fingerprint density at radius 2 is 1.76 bits per heavy atom. The number of rotatable bonds is 5. The minimum atomic E-state index is -0.990. The van der Waals surface area contributed by atoms with E-state index in [9.17, 15) is 14.7 Å². The number of carboxylic acid groups (broad SMARTS) is 1. The molecule has 0 heterocycles. The van der Waals surface area contributed by atoms with Crippen LogP contribution in [0.15, 0.2) is 0 Å². The number of carbonyl (C=O) groups is 2. The number of hydrogen-bond donors (Lipinski definition) is 3. The Morgan fingerprint density at radius 1 is 1.24 bits per heavy atom. The first kappa shape index (κ1) is 19.5. The Kier molecular flexibility index (Phi) is 6.96. The zero-order valence-corrected chi connectivity index (χ0v) is 13.9. The molecule has 21 heavy (non-hydrogen) atoms. The average molecular weight is 303 g/mol. The second-order valence-corrected chi connectivity index (χ2v) is 6.97. The zero-order valence-electron chi connectivity index (χ0n) is 13.9. The van der Waals surface area contributed by atoms with Crippen molar-refractivity contribution in [2.24, 2.45) is 5.73 Å². The summed E-state index contributed by atoms with van der Waals surface area (Å²) in [5, 5.41) is 11.9. The van der Waals surface area contributed by atoms with Gasteiger partial charge in [-0.25, -0.2) is 9.59 Å². The van der Waals surface area contributed by atoms with E-state index < -0.39 is 23.3 Å². The van der Waals surface area contributed by atoms with Crippen molar-refractivity contribution in [3.05, 3.63) is 0 Å². The molecule has 0 fully saturated rings. The van der Waals surface area contributed by atoms with Crippen LogP contribution < -0.4 is 11.1 Å². The Balaban J connectivity index is 4.51. The van der Waals surface area contributed by atoms with Crippen LogP contribution in [0, 0.1) is 0 Å². The standard InChI is InChI=1S/C14H29N3O4/c1-13(2,3)17(12(19)20)8-7-10(9-15)16-11(18)21-14(4,5)6/h10H,7-9,15H2,1-6H3,(H,16,18)(H,19,20)/t10-/m0/s1. The van der Waals surface area contributed by atoms with Crippen molar-refractivity contribution in [1.29, 1.82) is 0 Å². The van der Waals surface area contributed by atoms with E-state index in [1.165, 1.54) is 4.90 Å². The van der Waals surface area contributed by atoms with Crippen LogP contribution in [-0.2, 0) is 4.74 Å². The summed E-state index contributed by atoms with van der Waals surface area (Å²) in [6.07, 6.45) is -1.11. The third-order valence-electron chi connectivity index (χ3n) is 2.75. The lowest BCUT2D eigenvalue weighted by molar-refractivity contribution is 0.0497. The van der Waals surface area contributed by atoms with Gasteiger partial charge >= 0.3 is 12.2 Å². The first-order chi connectivity index (χ1) is 9.36. The summed E-state index contributed by atoms with van der Waals surface area (Å²) in [5.74, 6) is 0. The van der Waals surface area contributed by atoms with Gasteiger partial charge < -0.3 is 25.8 Å². The number of hydrogen-bond acceptors (Lipinski definition) is 4. The van der Waals surface area contributed by atoms with Gasteiger partial charge in [-0.3, -0.25) is 0 Å². The number of nitrogens with two attached hydrogens (primary N) is 1. The molecule has 124 valence electrons. The quantitative estimate of drug-likeness (QED) is 0.720. The summed E-state index contributed by atoms with van der Waals surface area (Å²) in [7, 11) is 0. The summed E-state index contributed by atoms with van der Waals surface area (Å²) in [6, 6.07) is -0.330. The molecular weight excluding hydrogens is 274 g/mol. The highest BCUT2D eigenvalue weighted by Gasteiger charge is 2.27. The van der Waals surface area contributed by atoms with Crippen molar-refractivity contribution < 1.29 is 19.4 Å². The minimum absolute atomic E-state index is 0.219. The van der Waals surface area contributed by atoms with Crippen LogP contribution in [0.5, 0.6) is 0 Å². The normalized spacial score (nSPS) is 13.5. The number of nitrogens with zero attached hydrogens (tertiary/aromatic N) is 1. The maximum absolute atomic E-state index is 11.7. The van der Waals surface area contributed by atoms with Crippen LogP contribution in [0.3, 0.4) is 0 Å². The highest BCUT2D eigenvalue weighted by molar-refractivity contribution is 5.68. The summed E-state index contributed by atoms with van der Waals surface area (Å²) in [6.45, 7) is 11.3. The fraction of sp³-hybridized carbons (Fsp3) is 0.857. The van der Waals surface area contributed by atoms with E-state index in [-0.39, 0.29) is 19.1 Å². The molecule has 0 aromatic heterocycles. The van der Waals surface area contributed by atoms with Crippen LogP contribution in [0.25, 0.3) is 0 Å². The van der Waals surface area contributed by atoms with Crippen molar-refractivity contribution in [3.8, 4) is 0 Å². The highest BCUT2D eigenvalue weighted by atomic mass is 16.6. The lowest BCUT2D eigenvalue weighted by atomic mass is 10.1. The first-order valence-corrected chi connectivity index (χ1v) is 7.07. The minimum Gasteiger partial charge on any atom is -0.465 e. The Labute approximate surface area is 126 Å². The average Bonchev–Trinajstić information content (AvgIpc) is 2.22. The molecule has 0 saturated heterocycles. The molecule has 0 rings (SSSR count). The fourth-order valence-corrected chi connectivity index (χ4v) is 1.73. The smallest absolute Gasteiger partial charge is 0.407 e. The summed E-state index contributed by atoms with van der Waals surface area (Å²) in [4.78, 5) is 24.2. The topological polar surface area (TPSA) is 105 Å². The molecule has 0 bridgehead atoms. The molecule has 0 radical (unpaired) electrons. The SMILES string of the molecule is CC(C)(C)OC(=O)N[C@H](CN)CCN(C(=O)O)C(C)(C)C. The first-order valence-electron chi connectivity index (χ1n) is 7.07. The molecule has 0 unspecified atom stereocenters. The van der Waals surface area contributed by atoms with E-state index in [0.29, 0.717) is 6.42 Å². The Hall–Kier alpha value is -1.50. The van der Waals surface area contributed by atoms with Crippen LogP contribution in [0.2, 0.25) is 0 Å². The predicted molar refractivity (Wildman–Crippen MR) is 81.3 cm³/mol. The van der Waals surface area contributed by atoms with Gasteiger partial charge in [-0.1, -0.05) is 0 Å². The second kappa shape index (κ2) is 7.49. The van der Waals surface area contributed by atoms with Gasteiger partial charge in [0.25, 0.3) is 0 Å². The molecule has 0 aliphatic carbocycles. The predicted octanol–water partition coefficient (Wildman–Crippen LogP) is 2.01. The molecule has 4 N–H and O–H groups in total. The zero-order chi connectivity index (χ0) is 16.8. The molecule has 0 aliphatic heterocycles. The molecule has 2 amide bonds. The maximum atomic E-state index is 11.7. The maximum Gasteiger partial charge on any atom is 0.407 e. The van der Waals surface area contributed by atoms with E-state index >= 15 is 0 Å². The number of ether oxygens (including phenoxy) is 1. The fourth-order valence-electron chi connectivity index (χ4n) is 1.73. The molecule has 0 aliphatic rings. The van der Waals surface area contributed by atoms with Crippen molar-refractivity contribution in [2.45, 2.75) is 65.1 Å². The Bertz CT molecular complexity index is 358. The van der Waals surface area contributed by atoms with Crippen molar-refractivity contribution >= 4 is 12.2 Å². The largest absolute Gasteiger partial charge is 0.465 e. The van der Waals surface area contributed by atoms with Crippen LogP contribution in [0.4, 0.5) is 9.59 Å². The van der Waals surface area contributed by atoms with E-state index in [4.69, 9.17) is 10.5 Å². The molecule has 7 nitrogen and oxygen atoms in total. The molecule has 0 aromatic rings. The van der Waals surface area contributed by atoms with Crippen molar-refractivity contribution in [3.63, 3.8) is 0 Å². The second-order valence-electron chi connectivity index (χ2n) is 6.97. The monoisotopic (exact) mass is 303 g/mol. The van der Waals surface area contributed by atoms with Crippen LogP contribution in [0.1, 0.15) is 48.0 Å². The van der Waals surface area contributed by atoms with Gasteiger partial charge in [0.2, 0.25) is 0 Å². The third kappa shape index (κ3) is 8.39. The van der Waals surface area contributed by atoms with Gasteiger partial charge in [0, 0.05) is 24.7 Å². The lowest BCUT2D eigenvalue weighted by Gasteiger charge is -2.34. The molecule has 0 saturated carbocycles. The van der Waals surface area contributed by atoms with Gasteiger partial charge in [-0.05, 0) is 48.0 Å². The van der Waals surface area contributed by atoms with E-state index in [1.807, 2.05) is 20.8 Å². The van der Waals surface area contributed by atoms with Crippen LogP contribution in [-0.4, -0.2) is 52.5 Å². The number of amides is 2. The van der Waals surface area contributed by atoms with Gasteiger partial charge in [-0.2, -0.15) is 0 Å². The molecular formula is C14H29N3O4. The van der Waals surface area contributed by atoms with Crippen LogP contribution >= 0.6 is 0 Å². The molecule has 1 atom stereocenters. The van der Waals surface area contributed by atoms with Gasteiger partial charge in [-0.15, -0.1) is 0 Å². The Morgan fingerprint density at radius 3 is 2.10 bits per heavy atom. The number of alkyl carbamates (subject to hydrolysis) is 1. The number of nitrogens with one attached hydrogen (secondary N) is 1. The van der Waals surface area contributed by atoms with Gasteiger partial charge in [0.15, 0.2) is 0 Å². The molecule has 7 heteroatoms. The van der Waals surface area contributed by atoms with E-state index in [2.05, 4.69) is 5.32 Å². The lowest BCUT2D eigenvalue weighted by Crippen LogP contribution is -2.49. The summed E-state index contributed by atoms with van der Waals surface area (Å²) >= 11 is 0. The van der Waals surface area contributed by atoms with E-state index in [0.717, 1.165) is 0 Å². The third-order valence-corrected chi connectivity index (χ3v) is 2.75. The van der Waals surface area contributed by atoms with E-state index in [1.54, 1.807) is 20.8 Å². The van der Waals surface area contributed by atoms with Gasteiger partial charge in [0.05, 0.1) is 0 Å². The van der Waals surface area contributed by atoms with Gasteiger partial charge in [0.1, 0.15) is 5.60 Å². The number of carbonyl (C=O) groups excluding carboxylic acids is 1. The highest BCUT2D eigenvalue weighted by Crippen LogP contribution is 2.14. The van der Waals surface area contributed by atoms with Crippen molar-refractivity contribution in [1.82, 2.24) is 10.2 Å².